The Balaban J connectivity index is 1.82. The quantitative estimate of drug-likeness (QED) is 0.722. The second-order valence-electron chi connectivity index (χ2n) is 4.04. The molecular weight excluding hydrogens is 354 g/mol. The number of nitrogens with zero attached hydrogens (tertiary/aromatic N) is 5. The third-order valence-electron chi connectivity index (χ3n) is 2.61. The van der Waals surface area contributed by atoms with Gasteiger partial charge in [-0.05, 0) is 34.1 Å². The highest BCUT2D eigenvalue weighted by atomic mass is 79.9. The van der Waals surface area contributed by atoms with E-state index in [1.807, 2.05) is 12.1 Å². The van der Waals surface area contributed by atoms with Gasteiger partial charge >= 0.3 is 0 Å². The van der Waals surface area contributed by atoms with Gasteiger partial charge in [-0.25, -0.2) is 4.68 Å². The van der Waals surface area contributed by atoms with Gasteiger partial charge in [0.05, 0.1) is 10.3 Å². The average molecular weight is 366 g/mol. The molecule has 0 aliphatic rings. The molecule has 0 aliphatic heterocycles. The third-order valence-corrected chi connectivity index (χ3v) is 4.23. The van der Waals surface area contributed by atoms with Gasteiger partial charge in [0, 0.05) is 24.3 Å². The standard InChI is InChI=1S/C12H12BrN7S/c1-14-10-17-11(15-7-8-3-4-9(13)21-8)19-12(18-10)20-6-2-5-16-20/h2-6H,7H2,1H3,(H2,14,15,17,18,19). The van der Waals surface area contributed by atoms with Crippen molar-refractivity contribution in [3.63, 3.8) is 0 Å². The van der Waals surface area contributed by atoms with E-state index in [4.69, 9.17) is 0 Å². The van der Waals surface area contributed by atoms with E-state index in [9.17, 15) is 0 Å². The van der Waals surface area contributed by atoms with Crippen LogP contribution in [0.25, 0.3) is 5.95 Å². The first-order valence-electron chi connectivity index (χ1n) is 6.16. The predicted octanol–water partition coefficient (Wildman–Crippen LogP) is 2.54. The Kier molecular flexibility index (Phi) is 4.11. The average Bonchev–Trinajstić information content (AvgIpc) is 3.16. The number of aromatic nitrogens is 5. The van der Waals surface area contributed by atoms with Gasteiger partial charge in [0.2, 0.25) is 11.9 Å². The molecule has 0 saturated heterocycles. The minimum Gasteiger partial charge on any atom is -0.357 e. The van der Waals surface area contributed by atoms with Crippen molar-refractivity contribution in [2.24, 2.45) is 0 Å². The minimum atomic E-state index is 0.467. The van der Waals surface area contributed by atoms with Crippen molar-refractivity contribution in [3.8, 4) is 5.95 Å². The molecule has 2 N–H and O–H groups in total. The largest absolute Gasteiger partial charge is 0.357 e. The van der Waals surface area contributed by atoms with Crippen LogP contribution in [-0.2, 0) is 6.54 Å². The Morgan fingerprint density at radius 1 is 1.24 bits per heavy atom. The van der Waals surface area contributed by atoms with Crippen LogP contribution < -0.4 is 10.6 Å². The Morgan fingerprint density at radius 3 is 2.76 bits per heavy atom. The normalized spacial score (nSPS) is 10.6. The zero-order valence-electron chi connectivity index (χ0n) is 11.1. The monoisotopic (exact) mass is 365 g/mol. The fourth-order valence-electron chi connectivity index (χ4n) is 1.66. The van der Waals surface area contributed by atoms with Crippen LogP contribution in [0.3, 0.4) is 0 Å². The van der Waals surface area contributed by atoms with Crippen LogP contribution in [0.15, 0.2) is 34.4 Å². The van der Waals surface area contributed by atoms with E-state index in [0.717, 1.165) is 3.79 Å². The number of anilines is 2. The molecule has 3 aromatic rings. The maximum atomic E-state index is 4.37. The number of hydrogen-bond acceptors (Lipinski definition) is 7. The summed E-state index contributed by atoms with van der Waals surface area (Å²) in [6.45, 7) is 0.655. The van der Waals surface area contributed by atoms with Crippen molar-refractivity contribution < 1.29 is 0 Å². The third kappa shape index (κ3) is 3.37. The van der Waals surface area contributed by atoms with Crippen LogP contribution in [0.4, 0.5) is 11.9 Å². The van der Waals surface area contributed by atoms with E-state index in [1.165, 1.54) is 4.88 Å². The molecule has 0 saturated carbocycles. The number of hydrogen-bond donors (Lipinski definition) is 2. The highest BCUT2D eigenvalue weighted by Gasteiger charge is 2.08. The summed E-state index contributed by atoms with van der Waals surface area (Å²) in [7, 11) is 1.77. The first-order chi connectivity index (χ1) is 10.2. The fraction of sp³-hybridized carbons (Fsp3) is 0.167. The van der Waals surface area contributed by atoms with Crippen molar-refractivity contribution in [2.75, 3.05) is 17.7 Å². The summed E-state index contributed by atoms with van der Waals surface area (Å²) in [6, 6.07) is 5.89. The summed E-state index contributed by atoms with van der Waals surface area (Å²) in [4.78, 5) is 14.1. The molecule has 7 nitrogen and oxygen atoms in total. The molecule has 108 valence electrons. The summed E-state index contributed by atoms with van der Waals surface area (Å²) in [5.74, 6) is 1.46. The highest BCUT2D eigenvalue weighted by Crippen LogP contribution is 2.22. The molecule has 3 heterocycles. The van der Waals surface area contributed by atoms with Crippen LogP contribution in [0.1, 0.15) is 4.88 Å². The molecule has 0 unspecified atom stereocenters. The number of nitrogens with one attached hydrogen (secondary N) is 2. The van der Waals surface area contributed by atoms with Gasteiger partial charge in [-0.2, -0.15) is 20.1 Å². The van der Waals surface area contributed by atoms with Gasteiger partial charge < -0.3 is 10.6 Å². The van der Waals surface area contributed by atoms with Crippen molar-refractivity contribution in [1.82, 2.24) is 24.7 Å². The second kappa shape index (κ2) is 6.19. The minimum absolute atomic E-state index is 0.467. The van der Waals surface area contributed by atoms with Crippen LogP contribution in [0.2, 0.25) is 0 Å². The van der Waals surface area contributed by atoms with Gasteiger partial charge in [0.25, 0.3) is 5.95 Å². The van der Waals surface area contributed by atoms with E-state index < -0.39 is 0 Å². The van der Waals surface area contributed by atoms with E-state index in [0.29, 0.717) is 24.4 Å². The Bertz CT molecular complexity index is 725. The zero-order chi connectivity index (χ0) is 14.7. The highest BCUT2D eigenvalue weighted by molar-refractivity contribution is 9.11. The number of rotatable bonds is 5. The molecule has 3 rings (SSSR count). The summed E-state index contributed by atoms with van der Waals surface area (Å²) in [5.41, 5.74) is 0. The summed E-state index contributed by atoms with van der Waals surface area (Å²) in [5, 5.41) is 10.3. The smallest absolute Gasteiger partial charge is 0.257 e. The van der Waals surface area contributed by atoms with Crippen molar-refractivity contribution in [2.45, 2.75) is 6.54 Å². The van der Waals surface area contributed by atoms with E-state index >= 15 is 0 Å². The maximum absolute atomic E-state index is 4.37. The van der Waals surface area contributed by atoms with Crippen LogP contribution >= 0.6 is 27.3 Å². The molecular formula is C12H12BrN7S. The van der Waals surface area contributed by atoms with E-state index in [-0.39, 0.29) is 0 Å². The van der Waals surface area contributed by atoms with Crippen molar-refractivity contribution >= 4 is 39.2 Å². The van der Waals surface area contributed by atoms with Crippen LogP contribution in [-0.4, -0.2) is 31.8 Å². The van der Waals surface area contributed by atoms with Gasteiger partial charge in [-0.1, -0.05) is 0 Å². The van der Waals surface area contributed by atoms with E-state index in [1.54, 1.807) is 35.5 Å². The first kappa shape index (κ1) is 14.0. The summed E-state index contributed by atoms with van der Waals surface area (Å²) in [6.07, 6.45) is 3.47. The molecule has 0 atom stereocenters. The topological polar surface area (TPSA) is 80.5 Å². The molecule has 9 heteroatoms. The molecule has 3 aromatic heterocycles. The van der Waals surface area contributed by atoms with Gasteiger partial charge in [0.1, 0.15) is 0 Å². The zero-order valence-corrected chi connectivity index (χ0v) is 13.5. The second-order valence-corrected chi connectivity index (χ2v) is 6.59. The first-order valence-corrected chi connectivity index (χ1v) is 7.77. The molecule has 0 amide bonds. The van der Waals surface area contributed by atoms with Crippen LogP contribution in [0.5, 0.6) is 0 Å². The molecule has 0 spiro atoms. The van der Waals surface area contributed by atoms with Gasteiger partial charge in [-0.15, -0.1) is 11.3 Å². The van der Waals surface area contributed by atoms with Gasteiger partial charge in [-0.3, -0.25) is 0 Å². The molecule has 0 bridgehead atoms. The molecule has 21 heavy (non-hydrogen) atoms. The number of thiophene rings is 1. The Hall–Kier alpha value is -2.00. The lowest BCUT2D eigenvalue weighted by Crippen LogP contribution is -2.11. The Labute approximate surface area is 133 Å². The summed E-state index contributed by atoms with van der Waals surface area (Å²) < 4.78 is 2.69. The molecule has 0 radical (unpaired) electrons. The lowest BCUT2D eigenvalue weighted by atomic mass is 10.5. The maximum Gasteiger partial charge on any atom is 0.257 e. The number of halogens is 1. The lowest BCUT2D eigenvalue weighted by molar-refractivity contribution is 0.797. The van der Waals surface area contributed by atoms with Crippen molar-refractivity contribution in [1.29, 1.82) is 0 Å². The lowest BCUT2D eigenvalue weighted by Gasteiger charge is -2.07. The predicted molar refractivity (Wildman–Crippen MR) is 85.8 cm³/mol. The SMILES string of the molecule is CNc1nc(NCc2ccc(Br)s2)nc(-n2cccn2)n1. The molecule has 0 aliphatic carbocycles. The van der Waals surface area contributed by atoms with Crippen molar-refractivity contribution in [3.05, 3.63) is 39.3 Å². The fourth-order valence-corrected chi connectivity index (χ4v) is 3.08. The van der Waals surface area contributed by atoms with Gasteiger partial charge in [0.15, 0.2) is 0 Å². The Morgan fingerprint density at radius 2 is 2.10 bits per heavy atom. The molecule has 0 aromatic carbocycles. The summed E-state index contributed by atoms with van der Waals surface area (Å²) >= 11 is 5.12. The van der Waals surface area contributed by atoms with E-state index in [2.05, 4.69) is 52.7 Å². The molecule has 0 fully saturated rings. The van der Waals surface area contributed by atoms with Crippen LogP contribution in [0, 0.1) is 0 Å².